The van der Waals surface area contributed by atoms with E-state index in [-0.39, 0.29) is 6.04 Å². The first-order valence-electron chi connectivity index (χ1n) is 4.40. The summed E-state index contributed by atoms with van der Waals surface area (Å²) < 4.78 is 0. The van der Waals surface area contributed by atoms with E-state index in [1.165, 1.54) is 6.42 Å². The van der Waals surface area contributed by atoms with Crippen molar-refractivity contribution in [2.75, 3.05) is 0 Å². The van der Waals surface area contributed by atoms with Crippen LogP contribution in [0.4, 0.5) is 0 Å². The minimum atomic E-state index is -0.0726. The van der Waals surface area contributed by atoms with Crippen molar-refractivity contribution in [2.45, 2.75) is 39.2 Å². The summed E-state index contributed by atoms with van der Waals surface area (Å²) in [6.07, 6.45) is 3.29. The molecule has 68 valence electrons. The third-order valence-corrected chi connectivity index (χ3v) is 1.72. The van der Waals surface area contributed by atoms with Crippen LogP contribution in [-0.4, -0.2) is 15.2 Å². The minimum Gasteiger partial charge on any atom is -0.321 e. The molecule has 0 amide bonds. The second-order valence-corrected chi connectivity index (χ2v) is 3.03. The molecular formula is C8H16N4. The summed E-state index contributed by atoms with van der Waals surface area (Å²) in [4.78, 5) is 4.26. The third-order valence-electron chi connectivity index (χ3n) is 1.72. The zero-order chi connectivity index (χ0) is 8.97. The Labute approximate surface area is 72.6 Å². The fourth-order valence-electron chi connectivity index (χ4n) is 0.970. The van der Waals surface area contributed by atoms with Crippen molar-refractivity contribution in [2.24, 2.45) is 5.73 Å². The third kappa shape index (κ3) is 2.30. The van der Waals surface area contributed by atoms with Crippen LogP contribution in [0.15, 0.2) is 0 Å². The molecule has 1 aromatic heterocycles. The van der Waals surface area contributed by atoms with Gasteiger partial charge < -0.3 is 5.73 Å². The van der Waals surface area contributed by atoms with Crippen LogP contribution in [0.2, 0.25) is 0 Å². The maximum atomic E-state index is 5.61. The first kappa shape index (κ1) is 9.19. The Morgan fingerprint density at radius 2 is 2.33 bits per heavy atom. The van der Waals surface area contributed by atoms with Crippen LogP contribution in [0, 0.1) is 0 Å². The lowest BCUT2D eigenvalue weighted by Gasteiger charge is -1.94. The molecule has 4 heteroatoms. The number of aromatic nitrogens is 3. The first-order valence-corrected chi connectivity index (χ1v) is 4.40. The first-order chi connectivity index (χ1) is 5.74. The average molecular weight is 168 g/mol. The summed E-state index contributed by atoms with van der Waals surface area (Å²) in [6, 6.07) is -0.0726. The fraction of sp³-hybridized carbons (Fsp3) is 0.750. The zero-order valence-corrected chi connectivity index (χ0v) is 7.67. The molecule has 0 spiro atoms. The summed E-state index contributed by atoms with van der Waals surface area (Å²) >= 11 is 0. The molecule has 12 heavy (non-hydrogen) atoms. The van der Waals surface area contributed by atoms with Crippen molar-refractivity contribution >= 4 is 0 Å². The summed E-state index contributed by atoms with van der Waals surface area (Å²) in [5.74, 6) is 1.66. The van der Waals surface area contributed by atoms with Gasteiger partial charge >= 0.3 is 0 Å². The second-order valence-electron chi connectivity index (χ2n) is 3.03. The number of hydrogen-bond donors (Lipinski definition) is 2. The highest BCUT2D eigenvalue weighted by Gasteiger charge is 2.05. The van der Waals surface area contributed by atoms with Crippen LogP contribution in [-0.2, 0) is 6.42 Å². The van der Waals surface area contributed by atoms with Crippen molar-refractivity contribution in [3.63, 3.8) is 0 Å². The molecule has 1 rings (SSSR count). The fourth-order valence-corrected chi connectivity index (χ4v) is 0.970. The minimum absolute atomic E-state index is 0.0726. The molecule has 0 fully saturated rings. The molecule has 0 aromatic carbocycles. The van der Waals surface area contributed by atoms with Gasteiger partial charge in [-0.2, -0.15) is 5.10 Å². The number of H-pyrrole nitrogens is 1. The van der Waals surface area contributed by atoms with Crippen molar-refractivity contribution in [1.29, 1.82) is 0 Å². The molecule has 0 saturated carbocycles. The topological polar surface area (TPSA) is 67.6 Å². The number of rotatable bonds is 4. The van der Waals surface area contributed by atoms with Crippen molar-refractivity contribution in [3.8, 4) is 0 Å². The molecule has 1 heterocycles. The van der Waals surface area contributed by atoms with Gasteiger partial charge in [-0.25, -0.2) is 4.98 Å². The lowest BCUT2D eigenvalue weighted by atomic mass is 10.2. The maximum Gasteiger partial charge on any atom is 0.167 e. The average Bonchev–Trinajstić information content (AvgIpc) is 2.48. The van der Waals surface area contributed by atoms with Gasteiger partial charge in [0, 0.05) is 6.42 Å². The maximum absolute atomic E-state index is 5.61. The molecule has 1 unspecified atom stereocenters. The van der Waals surface area contributed by atoms with Crippen molar-refractivity contribution < 1.29 is 0 Å². The highest BCUT2D eigenvalue weighted by atomic mass is 15.2. The van der Waals surface area contributed by atoms with Crippen molar-refractivity contribution in [3.05, 3.63) is 11.6 Å². The number of nitrogens with one attached hydrogen (secondary N) is 1. The van der Waals surface area contributed by atoms with Crippen LogP contribution in [0.5, 0.6) is 0 Å². The molecule has 0 aliphatic heterocycles. The van der Waals surface area contributed by atoms with E-state index in [1.807, 2.05) is 6.92 Å². The summed E-state index contributed by atoms with van der Waals surface area (Å²) in [5.41, 5.74) is 5.61. The molecule has 1 atom stereocenters. The number of aryl methyl sites for hydroxylation is 1. The van der Waals surface area contributed by atoms with Crippen LogP contribution < -0.4 is 5.73 Å². The summed E-state index contributed by atoms with van der Waals surface area (Å²) in [6.45, 7) is 4.04. The molecule has 4 nitrogen and oxygen atoms in total. The molecule has 1 aromatic rings. The Hall–Kier alpha value is -0.900. The van der Waals surface area contributed by atoms with E-state index in [0.29, 0.717) is 5.82 Å². The van der Waals surface area contributed by atoms with E-state index < -0.39 is 0 Å². The SMILES string of the molecule is CCCCc1nc(C(C)N)n[nH]1. The second kappa shape index (κ2) is 4.21. The lowest BCUT2D eigenvalue weighted by Crippen LogP contribution is -2.06. The Bertz CT molecular complexity index is 229. The van der Waals surface area contributed by atoms with Gasteiger partial charge in [-0.15, -0.1) is 0 Å². The molecule has 0 aliphatic carbocycles. The van der Waals surface area contributed by atoms with Gasteiger partial charge in [0.2, 0.25) is 0 Å². The van der Waals surface area contributed by atoms with Gasteiger partial charge in [0.1, 0.15) is 5.82 Å². The molecule has 3 N–H and O–H groups in total. The predicted octanol–water partition coefficient (Wildman–Crippen LogP) is 1.17. The van der Waals surface area contributed by atoms with Gasteiger partial charge in [0.25, 0.3) is 0 Å². The van der Waals surface area contributed by atoms with E-state index in [4.69, 9.17) is 5.73 Å². The highest BCUT2D eigenvalue weighted by Crippen LogP contribution is 2.04. The molecule has 0 bridgehead atoms. The van der Waals surface area contributed by atoms with E-state index in [1.54, 1.807) is 0 Å². The number of nitrogens with two attached hydrogens (primary N) is 1. The van der Waals surface area contributed by atoms with E-state index in [0.717, 1.165) is 18.7 Å². The predicted molar refractivity (Wildman–Crippen MR) is 47.6 cm³/mol. The Morgan fingerprint density at radius 1 is 1.58 bits per heavy atom. The van der Waals surface area contributed by atoms with Crippen LogP contribution >= 0.6 is 0 Å². The van der Waals surface area contributed by atoms with Crippen LogP contribution in [0.3, 0.4) is 0 Å². The van der Waals surface area contributed by atoms with Crippen LogP contribution in [0.25, 0.3) is 0 Å². The lowest BCUT2D eigenvalue weighted by molar-refractivity contribution is 0.739. The Kier molecular flexibility index (Phi) is 3.22. The summed E-state index contributed by atoms with van der Waals surface area (Å²) in [7, 11) is 0. The number of aromatic amines is 1. The van der Waals surface area contributed by atoms with E-state index in [9.17, 15) is 0 Å². The van der Waals surface area contributed by atoms with Gasteiger partial charge in [0.15, 0.2) is 5.82 Å². The van der Waals surface area contributed by atoms with E-state index >= 15 is 0 Å². The van der Waals surface area contributed by atoms with E-state index in [2.05, 4.69) is 22.1 Å². The highest BCUT2D eigenvalue weighted by molar-refractivity contribution is 4.94. The summed E-state index contributed by atoms with van der Waals surface area (Å²) in [5, 5.41) is 6.89. The molecule has 0 radical (unpaired) electrons. The van der Waals surface area contributed by atoms with Gasteiger partial charge in [-0.3, -0.25) is 5.10 Å². The standard InChI is InChI=1S/C8H16N4/c1-3-4-5-7-10-8(6(2)9)12-11-7/h6H,3-5,9H2,1-2H3,(H,10,11,12). The normalized spacial score (nSPS) is 13.2. The largest absolute Gasteiger partial charge is 0.321 e. The van der Waals surface area contributed by atoms with Crippen LogP contribution in [0.1, 0.15) is 44.4 Å². The molecular weight excluding hydrogens is 152 g/mol. The molecule has 0 saturated heterocycles. The van der Waals surface area contributed by atoms with Gasteiger partial charge in [-0.1, -0.05) is 13.3 Å². The Morgan fingerprint density at radius 3 is 2.83 bits per heavy atom. The quantitative estimate of drug-likeness (QED) is 0.709. The smallest absolute Gasteiger partial charge is 0.167 e. The van der Waals surface area contributed by atoms with Gasteiger partial charge in [0.05, 0.1) is 6.04 Å². The number of unbranched alkanes of at least 4 members (excludes halogenated alkanes) is 1. The number of nitrogens with zero attached hydrogens (tertiary/aromatic N) is 2. The van der Waals surface area contributed by atoms with Crippen molar-refractivity contribution in [1.82, 2.24) is 15.2 Å². The van der Waals surface area contributed by atoms with Gasteiger partial charge in [-0.05, 0) is 13.3 Å². The molecule has 0 aliphatic rings. The zero-order valence-electron chi connectivity index (χ0n) is 7.67. The number of hydrogen-bond acceptors (Lipinski definition) is 3. The monoisotopic (exact) mass is 168 g/mol. The Balaban J connectivity index is 2.52.